The molecule has 0 saturated carbocycles. The molecule has 84 valence electrons. The van der Waals surface area contributed by atoms with Gasteiger partial charge in [-0.1, -0.05) is 43.4 Å². The van der Waals surface area contributed by atoms with Gasteiger partial charge in [-0.3, -0.25) is 0 Å². The Morgan fingerprint density at radius 1 is 1.25 bits per heavy atom. The number of aliphatic hydroxyl groups is 1. The number of hydrogen-bond donors (Lipinski definition) is 2. The van der Waals surface area contributed by atoms with Crippen molar-refractivity contribution in [3.8, 4) is 5.75 Å². The van der Waals surface area contributed by atoms with E-state index in [0.29, 0.717) is 5.56 Å². The van der Waals surface area contributed by atoms with E-state index in [4.69, 9.17) is 0 Å². The van der Waals surface area contributed by atoms with Crippen LogP contribution in [0.25, 0.3) is 0 Å². The highest BCUT2D eigenvalue weighted by atomic mass is 16.3. The molecule has 1 aliphatic carbocycles. The highest BCUT2D eigenvalue weighted by Crippen LogP contribution is 2.40. The molecule has 2 nitrogen and oxygen atoms in total. The number of phenolic OH excluding ortho intramolecular Hbond substituents is 1. The normalized spacial score (nSPS) is 28.2. The van der Waals surface area contributed by atoms with Crippen LogP contribution in [-0.2, 0) is 5.60 Å². The summed E-state index contributed by atoms with van der Waals surface area (Å²) in [5, 5.41) is 20.5. The molecule has 1 aromatic rings. The first-order chi connectivity index (χ1) is 7.68. The first-order valence-corrected chi connectivity index (χ1v) is 5.55. The van der Waals surface area contributed by atoms with E-state index < -0.39 is 5.60 Å². The molecule has 0 aliphatic heterocycles. The van der Waals surface area contributed by atoms with Crippen LogP contribution in [0.15, 0.2) is 48.6 Å². The maximum absolute atomic E-state index is 10.7. The van der Waals surface area contributed by atoms with E-state index in [1.54, 1.807) is 24.3 Å². The number of para-hydroxylation sites is 1. The molecule has 0 amide bonds. The number of rotatable bonds is 2. The molecule has 0 aromatic heterocycles. The molecule has 0 heterocycles. The largest absolute Gasteiger partial charge is 0.508 e. The molecule has 2 rings (SSSR count). The Hall–Kier alpha value is -1.54. The van der Waals surface area contributed by atoms with Gasteiger partial charge in [0.2, 0.25) is 0 Å². The molecule has 0 spiro atoms. The van der Waals surface area contributed by atoms with E-state index in [1.165, 1.54) is 0 Å². The van der Waals surface area contributed by atoms with E-state index in [0.717, 1.165) is 6.42 Å². The van der Waals surface area contributed by atoms with Crippen LogP contribution >= 0.6 is 0 Å². The van der Waals surface area contributed by atoms with Crippen molar-refractivity contribution < 1.29 is 10.2 Å². The third-order valence-electron chi connectivity index (χ3n) is 3.15. The second-order valence-corrected chi connectivity index (χ2v) is 4.10. The zero-order chi connectivity index (χ0) is 11.6. The molecule has 0 saturated heterocycles. The maximum atomic E-state index is 10.7. The summed E-state index contributed by atoms with van der Waals surface area (Å²) in [7, 11) is 0. The van der Waals surface area contributed by atoms with Crippen LogP contribution in [0.4, 0.5) is 0 Å². The predicted octanol–water partition coefficient (Wildman–Crippen LogP) is 2.73. The minimum Gasteiger partial charge on any atom is -0.508 e. The van der Waals surface area contributed by atoms with Gasteiger partial charge in [-0.05, 0) is 18.6 Å². The highest BCUT2D eigenvalue weighted by molar-refractivity contribution is 5.42. The summed E-state index contributed by atoms with van der Waals surface area (Å²) in [6, 6.07) is 6.95. The minimum absolute atomic E-state index is 0.00537. The molecule has 1 aromatic carbocycles. The summed E-state index contributed by atoms with van der Waals surface area (Å²) in [4.78, 5) is 0. The zero-order valence-corrected chi connectivity index (χ0v) is 9.30. The van der Waals surface area contributed by atoms with Gasteiger partial charge in [0.25, 0.3) is 0 Å². The standard InChI is InChI=1S/C14H16O2/c1-2-11-7-5-6-10-14(11,16)12-8-3-4-9-13(12)15/h3-11,15-16H,2H2,1H3. The molecule has 2 heteroatoms. The van der Waals surface area contributed by atoms with Crippen LogP contribution in [0.5, 0.6) is 5.75 Å². The van der Waals surface area contributed by atoms with Gasteiger partial charge in [0.1, 0.15) is 11.4 Å². The van der Waals surface area contributed by atoms with Gasteiger partial charge in [0, 0.05) is 11.5 Å². The number of allylic oxidation sites excluding steroid dienone is 2. The maximum Gasteiger partial charge on any atom is 0.122 e. The lowest BCUT2D eigenvalue weighted by molar-refractivity contribution is 0.0391. The molecule has 2 unspecified atom stereocenters. The van der Waals surface area contributed by atoms with Gasteiger partial charge in [0.05, 0.1) is 0 Å². The number of hydrogen-bond acceptors (Lipinski definition) is 2. The topological polar surface area (TPSA) is 40.5 Å². The van der Waals surface area contributed by atoms with Gasteiger partial charge in [-0.2, -0.15) is 0 Å². The lowest BCUT2D eigenvalue weighted by atomic mass is 9.77. The van der Waals surface area contributed by atoms with Gasteiger partial charge in [0.15, 0.2) is 0 Å². The van der Waals surface area contributed by atoms with E-state index in [9.17, 15) is 10.2 Å². The van der Waals surface area contributed by atoms with Crippen molar-refractivity contribution in [2.45, 2.75) is 18.9 Å². The van der Waals surface area contributed by atoms with Gasteiger partial charge < -0.3 is 10.2 Å². The summed E-state index contributed by atoms with van der Waals surface area (Å²) >= 11 is 0. The summed E-state index contributed by atoms with van der Waals surface area (Å²) in [5.74, 6) is 0.147. The van der Waals surface area contributed by atoms with Crippen molar-refractivity contribution in [2.75, 3.05) is 0 Å². The quantitative estimate of drug-likeness (QED) is 0.798. The zero-order valence-electron chi connectivity index (χ0n) is 9.30. The van der Waals surface area contributed by atoms with Crippen molar-refractivity contribution in [2.24, 2.45) is 5.92 Å². The van der Waals surface area contributed by atoms with E-state index in [1.807, 2.05) is 31.2 Å². The van der Waals surface area contributed by atoms with Gasteiger partial charge in [-0.15, -0.1) is 0 Å². The molecule has 0 fully saturated rings. The molecule has 1 aliphatic rings. The first-order valence-electron chi connectivity index (χ1n) is 5.55. The molecule has 0 bridgehead atoms. The lowest BCUT2D eigenvalue weighted by Crippen LogP contribution is -2.33. The van der Waals surface area contributed by atoms with Gasteiger partial charge in [-0.25, -0.2) is 0 Å². The Morgan fingerprint density at radius 3 is 2.69 bits per heavy atom. The van der Waals surface area contributed by atoms with Crippen LogP contribution in [0.1, 0.15) is 18.9 Å². The summed E-state index contributed by atoms with van der Waals surface area (Å²) < 4.78 is 0. The Morgan fingerprint density at radius 2 is 2.00 bits per heavy atom. The second-order valence-electron chi connectivity index (χ2n) is 4.10. The summed E-state index contributed by atoms with van der Waals surface area (Å²) in [6.07, 6.45) is 8.30. The fourth-order valence-electron chi connectivity index (χ4n) is 2.22. The number of benzene rings is 1. The monoisotopic (exact) mass is 216 g/mol. The van der Waals surface area contributed by atoms with E-state index >= 15 is 0 Å². The van der Waals surface area contributed by atoms with Crippen LogP contribution in [0.3, 0.4) is 0 Å². The average Bonchev–Trinajstić information content (AvgIpc) is 2.30. The molecular formula is C14H16O2. The van der Waals surface area contributed by atoms with Crippen molar-refractivity contribution >= 4 is 0 Å². The van der Waals surface area contributed by atoms with E-state index in [-0.39, 0.29) is 11.7 Å². The van der Waals surface area contributed by atoms with Crippen molar-refractivity contribution in [1.29, 1.82) is 0 Å². The molecule has 16 heavy (non-hydrogen) atoms. The Labute approximate surface area is 95.6 Å². The van der Waals surface area contributed by atoms with Gasteiger partial charge >= 0.3 is 0 Å². The Kier molecular flexibility index (Phi) is 2.84. The molecular weight excluding hydrogens is 200 g/mol. The third-order valence-corrected chi connectivity index (χ3v) is 3.15. The minimum atomic E-state index is -1.09. The SMILES string of the molecule is CCC1C=CC=CC1(O)c1ccccc1O. The number of phenols is 1. The Bertz CT molecular complexity index is 434. The van der Waals surface area contributed by atoms with Crippen LogP contribution < -0.4 is 0 Å². The third kappa shape index (κ3) is 1.65. The summed E-state index contributed by atoms with van der Waals surface area (Å²) in [5.41, 5.74) is -0.517. The fourth-order valence-corrected chi connectivity index (χ4v) is 2.22. The fraction of sp³-hybridized carbons (Fsp3) is 0.286. The van der Waals surface area contributed by atoms with Crippen molar-refractivity contribution in [3.63, 3.8) is 0 Å². The van der Waals surface area contributed by atoms with Crippen molar-refractivity contribution in [1.82, 2.24) is 0 Å². The first kappa shape index (κ1) is 11.0. The average molecular weight is 216 g/mol. The molecule has 2 N–H and O–H groups in total. The summed E-state index contributed by atoms with van der Waals surface area (Å²) in [6.45, 7) is 2.03. The van der Waals surface area contributed by atoms with Crippen LogP contribution in [0, 0.1) is 5.92 Å². The highest BCUT2D eigenvalue weighted by Gasteiger charge is 2.36. The predicted molar refractivity (Wildman–Crippen MR) is 64.1 cm³/mol. The van der Waals surface area contributed by atoms with Crippen molar-refractivity contribution in [3.05, 3.63) is 54.1 Å². The molecule has 0 radical (unpaired) electrons. The van der Waals surface area contributed by atoms with Crippen LogP contribution in [-0.4, -0.2) is 10.2 Å². The number of aromatic hydroxyl groups is 1. The van der Waals surface area contributed by atoms with E-state index in [2.05, 4.69) is 0 Å². The van der Waals surface area contributed by atoms with Crippen LogP contribution in [0.2, 0.25) is 0 Å². The molecule has 2 atom stereocenters. The second kappa shape index (κ2) is 4.14. The smallest absolute Gasteiger partial charge is 0.122 e. The Balaban J connectivity index is 2.49. The lowest BCUT2D eigenvalue weighted by Gasteiger charge is -2.34.